The minimum absolute atomic E-state index is 0.135. The maximum Gasteiger partial charge on any atom is 0.264 e. The molecule has 3 atom stereocenters. The molecule has 2 unspecified atom stereocenters. The molecule has 2 aromatic carbocycles. The molecule has 2 bridgehead atoms. The van der Waals surface area contributed by atoms with E-state index < -0.39 is 10.0 Å². The van der Waals surface area contributed by atoms with Gasteiger partial charge in [-0.25, -0.2) is 8.42 Å². The normalized spacial score (nSPS) is 22.7. The van der Waals surface area contributed by atoms with E-state index in [1.807, 2.05) is 6.92 Å². The lowest BCUT2D eigenvalue weighted by molar-refractivity contribution is 0.0923. The monoisotopic (exact) mass is 428 g/mol. The summed E-state index contributed by atoms with van der Waals surface area (Å²) in [4.78, 5) is 13.0. The summed E-state index contributed by atoms with van der Waals surface area (Å²) in [7, 11) is -0.718. The molecule has 30 heavy (non-hydrogen) atoms. The van der Waals surface area contributed by atoms with Gasteiger partial charge >= 0.3 is 0 Å². The maximum absolute atomic E-state index is 13.1. The number of carbonyl (C=O) groups excluding carboxylic acids is 1. The largest absolute Gasteiger partial charge is 0.497 e. The Morgan fingerprint density at radius 1 is 1.10 bits per heavy atom. The van der Waals surface area contributed by atoms with E-state index in [2.05, 4.69) is 5.32 Å². The molecule has 0 spiro atoms. The number of rotatable bonds is 6. The van der Waals surface area contributed by atoms with Crippen molar-refractivity contribution in [3.63, 3.8) is 0 Å². The fourth-order valence-corrected chi connectivity index (χ4v) is 6.05. The zero-order chi connectivity index (χ0) is 21.5. The molecule has 0 saturated heterocycles. The molecule has 1 amide bonds. The molecular formula is C23H28N2O4S. The molecule has 0 heterocycles. The first kappa shape index (κ1) is 20.7. The molecule has 0 aromatic heterocycles. The highest BCUT2D eigenvalue weighted by molar-refractivity contribution is 7.92. The van der Waals surface area contributed by atoms with Gasteiger partial charge in [0.05, 0.1) is 17.7 Å². The van der Waals surface area contributed by atoms with Gasteiger partial charge in [0.2, 0.25) is 0 Å². The number of aryl methyl sites for hydroxylation is 1. The van der Waals surface area contributed by atoms with Crippen LogP contribution in [0.5, 0.6) is 5.75 Å². The van der Waals surface area contributed by atoms with E-state index in [1.165, 1.54) is 49.9 Å². The van der Waals surface area contributed by atoms with Crippen molar-refractivity contribution in [1.29, 1.82) is 0 Å². The zero-order valence-corrected chi connectivity index (χ0v) is 18.4. The summed E-state index contributed by atoms with van der Waals surface area (Å²) >= 11 is 0. The number of benzene rings is 2. The molecule has 2 fully saturated rings. The van der Waals surface area contributed by atoms with Crippen molar-refractivity contribution in [1.82, 2.24) is 5.32 Å². The van der Waals surface area contributed by atoms with Crippen LogP contribution in [-0.2, 0) is 10.0 Å². The molecule has 0 aliphatic heterocycles. The van der Waals surface area contributed by atoms with Crippen molar-refractivity contribution in [3.8, 4) is 5.75 Å². The summed E-state index contributed by atoms with van der Waals surface area (Å²) in [5, 5.41) is 3.17. The molecule has 2 saturated carbocycles. The number of amides is 1. The van der Waals surface area contributed by atoms with E-state index in [0.29, 0.717) is 22.9 Å². The number of nitrogens with zero attached hydrogens (tertiary/aromatic N) is 1. The van der Waals surface area contributed by atoms with Gasteiger partial charge in [0, 0.05) is 18.7 Å². The number of methoxy groups -OCH3 is 1. The summed E-state index contributed by atoms with van der Waals surface area (Å²) < 4.78 is 32.6. The second kappa shape index (κ2) is 7.95. The van der Waals surface area contributed by atoms with Crippen LogP contribution in [0.25, 0.3) is 0 Å². The third-order valence-corrected chi connectivity index (χ3v) is 8.37. The Labute approximate surface area is 178 Å². The highest BCUT2D eigenvalue weighted by Gasteiger charge is 2.40. The van der Waals surface area contributed by atoms with Gasteiger partial charge in [0.25, 0.3) is 15.9 Å². The molecule has 2 aliphatic carbocycles. The Hall–Kier alpha value is -2.54. The zero-order valence-electron chi connectivity index (χ0n) is 17.6. The van der Waals surface area contributed by atoms with E-state index in [-0.39, 0.29) is 16.8 Å². The van der Waals surface area contributed by atoms with Gasteiger partial charge in [-0.1, -0.05) is 12.5 Å². The summed E-state index contributed by atoms with van der Waals surface area (Å²) in [6, 6.07) is 11.7. The number of hydrogen-bond acceptors (Lipinski definition) is 4. The van der Waals surface area contributed by atoms with Crippen LogP contribution in [0.4, 0.5) is 5.69 Å². The Morgan fingerprint density at radius 3 is 2.43 bits per heavy atom. The van der Waals surface area contributed by atoms with Crippen LogP contribution in [0.15, 0.2) is 47.4 Å². The quantitative estimate of drug-likeness (QED) is 0.760. The highest BCUT2D eigenvalue weighted by Crippen LogP contribution is 2.44. The number of fused-ring (bicyclic) bond motifs is 2. The Bertz CT molecular complexity index is 1050. The fourth-order valence-electron chi connectivity index (χ4n) is 4.80. The molecule has 7 heteroatoms. The van der Waals surface area contributed by atoms with E-state index in [1.54, 1.807) is 30.3 Å². The maximum atomic E-state index is 13.1. The molecule has 4 rings (SSSR count). The van der Waals surface area contributed by atoms with Crippen molar-refractivity contribution < 1.29 is 17.9 Å². The van der Waals surface area contributed by atoms with Crippen LogP contribution in [0, 0.1) is 18.8 Å². The van der Waals surface area contributed by atoms with Crippen molar-refractivity contribution in [3.05, 3.63) is 53.6 Å². The molecule has 6 nitrogen and oxygen atoms in total. The molecule has 1 N–H and O–H groups in total. The predicted octanol–water partition coefficient (Wildman–Crippen LogP) is 3.75. The van der Waals surface area contributed by atoms with Gasteiger partial charge in [-0.3, -0.25) is 9.10 Å². The number of hydrogen-bond donors (Lipinski definition) is 1. The lowest BCUT2D eigenvalue weighted by Crippen LogP contribution is -2.38. The lowest BCUT2D eigenvalue weighted by atomic mass is 9.95. The topological polar surface area (TPSA) is 75.7 Å². The van der Waals surface area contributed by atoms with Gasteiger partial charge in [-0.05, 0) is 80.0 Å². The van der Waals surface area contributed by atoms with Gasteiger partial charge in [-0.15, -0.1) is 0 Å². The molecule has 0 radical (unpaired) electrons. The Kier molecular flexibility index (Phi) is 5.49. The van der Waals surface area contributed by atoms with Crippen molar-refractivity contribution >= 4 is 21.6 Å². The van der Waals surface area contributed by atoms with Crippen LogP contribution in [0.1, 0.15) is 41.6 Å². The van der Waals surface area contributed by atoms with Gasteiger partial charge in [0.15, 0.2) is 0 Å². The summed E-state index contributed by atoms with van der Waals surface area (Å²) in [6.07, 6.45) is 4.74. The average molecular weight is 429 g/mol. The Balaban J connectivity index is 1.56. The predicted molar refractivity (Wildman–Crippen MR) is 116 cm³/mol. The second-order valence-corrected chi connectivity index (χ2v) is 10.4. The minimum atomic E-state index is -3.77. The first-order valence-corrected chi connectivity index (χ1v) is 11.8. The summed E-state index contributed by atoms with van der Waals surface area (Å²) in [5.74, 6) is 1.78. The van der Waals surface area contributed by atoms with Crippen LogP contribution < -0.4 is 14.4 Å². The van der Waals surface area contributed by atoms with Gasteiger partial charge in [-0.2, -0.15) is 0 Å². The molecule has 160 valence electrons. The van der Waals surface area contributed by atoms with Crippen molar-refractivity contribution in [2.75, 3.05) is 18.5 Å². The van der Waals surface area contributed by atoms with E-state index in [9.17, 15) is 13.2 Å². The van der Waals surface area contributed by atoms with E-state index in [4.69, 9.17) is 4.74 Å². The number of nitrogens with one attached hydrogen (secondary N) is 1. The van der Waals surface area contributed by atoms with Crippen molar-refractivity contribution in [2.24, 2.45) is 11.8 Å². The van der Waals surface area contributed by atoms with Crippen LogP contribution >= 0.6 is 0 Å². The number of sulfonamides is 1. The van der Waals surface area contributed by atoms with Gasteiger partial charge < -0.3 is 10.1 Å². The van der Waals surface area contributed by atoms with Gasteiger partial charge in [0.1, 0.15) is 5.75 Å². The third-order valence-electron chi connectivity index (χ3n) is 6.58. The van der Waals surface area contributed by atoms with Crippen LogP contribution in [0.2, 0.25) is 0 Å². The second-order valence-electron chi connectivity index (χ2n) is 8.40. The minimum Gasteiger partial charge on any atom is -0.497 e. The molecule has 2 aromatic rings. The lowest BCUT2D eigenvalue weighted by Gasteiger charge is -2.24. The highest BCUT2D eigenvalue weighted by atomic mass is 32.2. The number of carbonyl (C=O) groups is 1. The van der Waals surface area contributed by atoms with E-state index in [0.717, 1.165) is 17.9 Å². The third kappa shape index (κ3) is 3.78. The van der Waals surface area contributed by atoms with Crippen molar-refractivity contribution in [2.45, 2.75) is 43.5 Å². The molecular weight excluding hydrogens is 400 g/mol. The standard InChI is InChI=1S/C23H28N2O4S/c1-15-4-6-18(23(26)24-21-13-16-5-7-17(21)12-16)14-22(15)25(2)30(27,28)20-10-8-19(29-3)9-11-20/h4,6,8-11,14,16-17,21H,5,7,12-13H2,1-3H3,(H,24,26)/t16?,17?,21-/m1/s1. The first-order valence-electron chi connectivity index (χ1n) is 10.3. The molecule has 2 aliphatic rings. The van der Waals surface area contributed by atoms with E-state index >= 15 is 0 Å². The number of ether oxygens (including phenoxy) is 1. The average Bonchev–Trinajstić information content (AvgIpc) is 3.36. The first-order chi connectivity index (χ1) is 14.3. The SMILES string of the molecule is COc1ccc(S(=O)(=O)N(C)c2cc(C(=O)N[C@@H]3CC4CCC3C4)ccc2C)cc1. The Morgan fingerprint density at radius 2 is 1.83 bits per heavy atom. The van der Waals surface area contributed by atoms with Crippen LogP contribution in [-0.4, -0.2) is 34.5 Å². The van der Waals surface area contributed by atoms with Crippen LogP contribution in [0.3, 0.4) is 0 Å². The smallest absolute Gasteiger partial charge is 0.264 e. The fraction of sp³-hybridized carbons (Fsp3) is 0.435. The number of anilines is 1. The summed E-state index contributed by atoms with van der Waals surface area (Å²) in [6.45, 7) is 1.84. The summed E-state index contributed by atoms with van der Waals surface area (Å²) in [5.41, 5.74) is 1.76.